The van der Waals surface area contributed by atoms with Crippen molar-refractivity contribution >= 4 is 40.4 Å². The van der Waals surface area contributed by atoms with E-state index in [4.69, 9.17) is 23.2 Å². The van der Waals surface area contributed by atoms with Gasteiger partial charge in [-0.25, -0.2) is 4.98 Å². The van der Waals surface area contributed by atoms with Crippen molar-refractivity contribution in [3.63, 3.8) is 0 Å². The van der Waals surface area contributed by atoms with E-state index in [9.17, 15) is 4.79 Å². The second-order valence-corrected chi connectivity index (χ2v) is 8.03. The van der Waals surface area contributed by atoms with Crippen molar-refractivity contribution in [2.24, 2.45) is 0 Å². The van der Waals surface area contributed by atoms with Crippen LogP contribution in [0.2, 0.25) is 10.0 Å². The van der Waals surface area contributed by atoms with Crippen LogP contribution in [-0.4, -0.2) is 42.0 Å². The number of nitrogens with zero attached hydrogens (tertiary/aromatic N) is 2. The minimum absolute atomic E-state index is 0.0571. The molecule has 1 N–H and O–H groups in total. The summed E-state index contributed by atoms with van der Waals surface area (Å²) in [5.74, 6) is -0.0571. The van der Waals surface area contributed by atoms with Crippen LogP contribution in [-0.2, 0) is 0 Å². The van der Waals surface area contributed by atoms with E-state index < -0.39 is 0 Å². The van der Waals surface area contributed by atoms with E-state index in [0.29, 0.717) is 21.5 Å². The van der Waals surface area contributed by atoms with Crippen molar-refractivity contribution < 1.29 is 4.79 Å². The van der Waals surface area contributed by atoms with Crippen LogP contribution in [0.25, 0.3) is 10.6 Å². The smallest absolute Gasteiger partial charge is 0.263 e. The maximum Gasteiger partial charge on any atom is 0.263 e. The highest BCUT2D eigenvalue weighted by molar-refractivity contribution is 7.17. The van der Waals surface area contributed by atoms with Crippen molar-refractivity contribution in [2.75, 3.05) is 26.2 Å². The summed E-state index contributed by atoms with van der Waals surface area (Å²) >= 11 is 13.4. The predicted molar refractivity (Wildman–Crippen MR) is 105 cm³/mol. The molecule has 134 valence electrons. The van der Waals surface area contributed by atoms with Crippen LogP contribution >= 0.6 is 34.5 Å². The van der Waals surface area contributed by atoms with Crippen molar-refractivity contribution in [1.29, 1.82) is 0 Å². The fraction of sp³-hybridized carbons (Fsp3) is 0.444. The number of benzene rings is 1. The SMILES string of the molecule is Cc1nc(-c2ccc(Cl)c(Cl)c2)sc1C(=O)NCCN1CCCCC1. The van der Waals surface area contributed by atoms with Gasteiger partial charge in [0.15, 0.2) is 0 Å². The summed E-state index contributed by atoms with van der Waals surface area (Å²) in [6.07, 6.45) is 3.84. The molecule has 1 aromatic carbocycles. The predicted octanol–water partition coefficient (Wildman–Crippen LogP) is 4.64. The number of rotatable bonds is 5. The summed E-state index contributed by atoms with van der Waals surface area (Å²) < 4.78 is 0. The molecule has 3 rings (SSSR count). The lowest BCUT2D eigenvalue weighted by atomic mass is 10.1. The Labute approximate surface area is 162 Å². The van der Waals surface area contributed by atoms with Crippen molar-refractivity contribution in [3.05, 3.63) is 38.8 Å². The molecule has 1 aliphatic rings. The fourth-order valence-electron chi connectivity index (χ4n) is 2.95. The lowest BCUT2D eigenvalue weighted by molar-refractivity contribution is 0.0950. The number of aryl methyl sites for hydroxylation is 1. The fourth-order valence-corrected chi connectivity index (χ4v) is 4.23. The molecule has 1 saturated heterocycles. The highest BCUT2D eigenvalue weighted by Gasteiger charge is 2.17. The summed E-state index contributed by atoms with van der Waals surface area (Å²) in [4.78, 5) is 20.0. The molecule has 0 saturated carbocycles. The third kappa shape index (κ3) is 4.73. The van der Waals surface area contributed by atoms with E-state index in [1.54, 1.807) is 12.1 Å². The minimum atomic E-state index is -0.0571. The maximum atomic E-state index is 12.5. The van der Waals surface area contributed by atoms with E-state index in [0.717, 1.165) is 35.9 Å². The van der Waals surface area contributed by atoms with Crippen LogP contribution in [0.3, 0.4) is 0 Å². The zero-order valence-corrected chi connectivity index (χ0v) is 16.5. The van der Waals surface area contributed by atoms with Gasteiger partial charge in [-0.1, -0.05) is 35.7 Å². The van der Waals surface area contributed by atoms with Gasteiger partial charge in [0.1, 0.15) is 9.88 Å². The number of likely N-dealkylation sites (tertiary alicyclic amines) is 1. The van der Waals surface area contributed by atoms with Gasteiger partial charge in [0.2, 0.25) is 0 Å². The third-order valence-electron chi connectivity index (χ3n) is 4.33. The Morgan fingerprint density at radius 2 is 2.00 bits per heavy atom. The highest BCUT2D eigenvalue weighted by Crippen LogP contribution is 2.32. The van der Waals surface area contributed by atoms with Crippen molar-refractivity contribution in [2.45, 2.75) is 26.2 Å². The lowest BCUT2D eigenvalue weighted by Gasteiger charge is -2.26. The van der Waals surface area contributed by atoms with Gasteiger partial charge in [0.25, 0.3) is 5.91 Å². The minimum Gasteiger partial charge on any atom is -0.350 e. The summed E-state index contributed by atoms with van der Waals surface area (Å²) in [5.41, 5.74) is 1.61. The maximum absolute atomic E-state index is 12.5. The zero-order valence-electron chi connectivity index (χ0n) is 14.1. The highest BCUT2D eigenvalue weighted by atomic mass is 35.5. The first kappa shape index (κ1) is 18.6. The number of hydrogen-bond donors (Lipinski definition) is 1. The molecule has 1 fully saturated rings. The number of carbonyl (C=O) groups excluding carboxylic acids is 1. The number of thiazole rings is 1. The van der Waals surface area contributed by atoms with E-state index in [1.165, 1.54) is 30.6 Å². The number of hydrogen-bond acceptors (Lipinski definition) is 4. The average Bonchev–Trinajstić information content (AvgIpc) is 3.00. The van der Waals surface area contributed by atoms with Crippen LogP contribution < -0.4 is 5.32 Å². The molecule has 0 spiro atoms. The molecule has 0 radical (unpaired) electrons. The molecule has 0 bridgehead atoms. The quantitative estimate of drug-likeness (QED) is 0.798. The number of halogens is 2. The molecule has 2 aromatic rings. The Hall–Kier alpha value is -1.14. The number of nitrogens with one attached hydrogen (secondary N) is 1. The molecule has 2 heterocycles. The lowest BCUT2D eigenvalue weighted by Crippen LogP contribution is -2.37. The Morgan fingerprint density at radius 1 is 1.24 bits per heavy atom. The molecule has 0 atom stereocenters. The van der Waals surface area contributed by atoms with Crippen LogP contribution in [0.5, 0.6) is 0 Å². The monoisotopic (exact) mass is 397 g/mol. The summed E-state index contributed by atoms with van der Waals surface area (Å²) in [7, 11) is 0. The Morgan fingerprint density at radius 3 is 2.72 bits per heavy atom. The Bertz CT molecular complexity index is 757. The van der Waals surface area contributed by atoms with E-state index >= 15 is 0 Å². The van der Waals surface area contributed by atoms with E-state index in [1.807, 2.05) is 13.0 Å². The van der Waals surface area contributed by atoms with Gasteiger partial charge in [0.05, 0.1) is 15.7 Å². The van der Waals surface area contributed by atoms with Crippen LogP contribution in [0.15, 0.2) is 18.2 Å². The number of aromatic nitrogens is 1. The zero-order chi connectivity index (χ0) is 17.8. The molecule has 1 amide bonds. The van der Waals surface area contributed by atoms with Gasteiger partial charge in [-0.3, -0.25) is 4.79 Å². The molecule has 4 nitrogen and oxygen atoms in total. The number of piperidine rings is 1. The van der Waals surface area contributed by atoms with Crippen LogP contribution in [0.4, 0.5) is 0 Å². The second kappa shape index (κ2) is 8.49. The summed E-state index contributed by atoms with van der Waals surface area (Å²) in [6.45, 7) is 5.70. The van der Waals surface area contributed by atoms with E-state index in [-0.39, 0.29) is 5.91 Å². The normalized spacial score (nSPS) is 15.3. The topological polar surface area (TPSA) is 45.2 Å². The van der Waals surface area contributed by atoms with Crippen LogP contribution in [0, 0.1) is 6.92 Å². The Balaban J connectivity index is 1.62. The molecule has 0 unspecified atom stereocenters. The van der Waals surface area contributed by atoms with Gasteiger partial charge < -0.3 is 10.2 Å². The molecule has 1 aliphatic heterocycles. The van der Waals surface area contributed by atoms with Gasteiger partial charge in [-0.15, -0.1) is 11.3 Å². The molecular formula is C18H21Cl2N3OS. The van der Waals surface area contributed by atoms with Crippen molar-refractivity contribution in [3.8, 4) is 10.6 Å². The summed E-state index contributed by atoms with van der Waals surface area (Å²) in [5, 5.41) is 4.78. The van der Waals surface area contributed by atoms with Gasteiger partial charge in [-0.05, 0) is 45.0 Å². The molecule has 7 heteroatoms. The first-order valence-electron chi connectivity index (χ1n) is 8.48. The number of carbonyl (C=O) groups is 1. The molecule has 1 aromatic heterocycles. The van der Waals surface area contributed by atoms with Gasteiger partial charge >= 0.3 is 0 Å². The van der Waals surface area contributed by atoms with Gasteiger partial charge in [-0.2, -0.15) is 0 Å². The van der Waals surface area contributed by atoms with Crippen molar-refractivity contribution in [1.82, 2.24) is 15.2 Å². The standard InChI is InChI=1S/C18H21Cl2N3OS/c1-12-16(17(24)21-7-10-23-8-3-2-4-9-23)25-18(22-12)13-5-6-14(19)15(20)11-13/h5-6,11H,2-4,7-10H2,1H3,(H,21,24). The first-order chi connectivity index (χ1) is 12.0. The second-order valence-electron chi connectivity index (χ2n) is 6.22. The Kier molecular flexibility index (Phi) is 6.34. The molecule has 0 aliphatic carbocycles. The molecule has 25 heavy (non-hydrogen) atoms. The first-order valence-corrected chi connectivity index (χ1v) is 10.1. The molecular weight excluding hydrogens is 377 g/mol. The average molecular weight is 398 g/mol. The largest absolute Gasteiger partial charge is 0.350 e. The summed E-state index contributed by atoms with van der Waals surface area (Å²) in [6, 6.07) is 5.39. The van der Waals surface area contributed by atoms with E-state index in [2.05, 4.69) is 15.2 Å². The van der Waals surface area contributed by atoms with Crippen LogP contribution in [0.1, 0.15) is 34.6 Å². The number of amides is 1. The third-order valence-corrected chi connectivity index (χ3v) is 6.28. The van der Waals surface area contributed by atoms with Gasteiger partial charge in [0, 0.05) is 18.7 Å².